The number of nitrogens with two attached hydrogens (primary N) is 1. The quantitative estimate of drug-likeness (QED) is 0.0279. The third kappa shape index (κ3) is 38.0. The maximum absolute atomic E-state index is 12.7. The number of nitrogens with one attached hydrogen (secondary N) is 1. The predicted octanol–water partition coefficient (Wildman–Crippen LogP) is 11.8. The zero-order valence-corrected chi connectivity index (χ0v) is 35.1. The van der Waals surface area contributed by atoms with Gasteiger partial charge in [-0.2, -0.15) is 0 Å². The smallest absolute Gasteiger partial charge is 0.387 e. The summed E-state index contributed by atoms with van der Waals surface area (Å²) >= 11 is 0. The van der Waals surface area contributed by atoms with Crippen molar-refractivity contribution >= 4 is 13.7 Å². The van der Waals surface area contributed by atoms with E-state index in [9.17, 15) is 19.4 Å². The van der Waals surface area contributed by atoms with Crippen LogP contribution >= 0.6 is 7.82 Å². The lowest BCUT2D eigenvalue weighted by atomic mass is 10.1. The van der Waals surface area contributed by atoms with Crippen LogP contribution in [0.25, 0.3) is 0 Å². The van der Waals surface area contributed by atoms with Gasteiger partial charge >= 0.3 is 7.82 Å². The Labute approximate surface area is 330 Å². The van der Waals surface area contributed by atoms with Gasteiger partial charge in [-0.15, -0.1) is 0 Å². The van der Waals surface area contributed by atoms with Crippen LogP contribution in [0.3, 0.4) is 0 Å². The van der Waals surface area contributed by atoms with Gasteiger partial charge in [-0.1, -0.05) is 163 Å². The van der Waals surface area contributed by atoms with E-state index >= 15 is 0 Å². The molecule has 3 atom stereocenters. The maximum atomic E-state index is 12.7. The molecule has 0 radical (unpaired) electrons. The van der Waals surface area contributed by atoms with E-state index in [4.69, 9.17) is 14.8 Å². The number of rotatable bonds is 38. The number of carbonyl (C=O) groups excluding carboxylic acids is 1. The van der Waals surface area contributed by atoms with Gasteiger partial charge in [-0.25, -0.2) is 4.57 Å². The molecule has 0 fully saturated rings. The normalized spacial score (nSPS) is 15.0. The van der Waals surface area contributed by atoms with Crippen LogP contribution < -0.4 is 11.1 Å². The van der Waals surface area contributed by atoms with Gasteiger partial charge in [-0.05, 0) is 77.0 Å². The molecule has 0 bridgehead atoms. The number of aliphatic hydroxyl groups excluding tert-OH is 1. The fourth-order valence-electron chi connectivity index (χ4n) is 5.53. The first-order chi connectivity index (χ1) is 26.4. The van der Waals surface area contributed by atoms with E-state index in [1.165, 1.54) is 57.8 Å². The van der Waals surface area contributed by atoms with Crippen LogP contribution in [-0.2, 0) is 18.4 Å². The van der Waals surface area contributed by atoms with Crippen LogP contribution in [0.15, 0.2) is 85.1 Å². The van der Waals surface area contributed by atoms with Gasteiger partial charge in [0.1, 0.15) is 0 Å². The van der Waals surface area contributed by atoms with E-state index in [1.807, 2.05) is 6.08 Å². The Morgan fingerprint density at radius 3 is 1.65 bits per heavy atom. The molecule has 0 aliphatic carbocycles. The topological polar surface area (TPSA) is 131 Å². The summed E-state index contributed by atoms with van der Waals surface area (Å²) in [5, 5.41) is 13.6. The van der Waals surface area contributed by atoms with E-state index in [2.05, 4.69) is 92.1 Å². The highest BCUT2D eigenvalue weighted by atomic mass is 31.2. The molecule has 0 aliphatic rings. The summed E-state index contributed by atoms with van der Waals surface area (Å²) in [4.78, 5) is 22.7. The number of carbonyl (C=O) groups is 1. The number of phosphoric acid groups is 1. The standard InChI is InChI=1S/C45H79N2O6P/c1-3-5-7-9-11-13-15-17-18-19-20-21-22-23-24-25-26-27-29-31-33-35-37-39-45(49)47-43(42-53-54(50,51)52-41-40-46)44(48)38-36-34-32-30-28-16-14-12-10-8-6-4-2/h5,7,11,13,17-18,20-21,23-24,28,30,36,38,43-44,48H,3-4,6,8-10,12,14-16,19,22,25-27,29,31-35,37,39-42,46H2,1-2H3,(H,47,49)(H,50,51)/b7-5-,13-11-,18-17-,21-20-,24-23-,30-28+,38-36+. The van der Waals surface area contributed by atoms with Gasteiger partial charge in [0.25, 0.3) is 0 Å². The first-order valence-electron chi connectivity index (χ1n) is 21.2. The third-order valence-corrected chi connectivity index (χ3v) is 9.69. The number of amides is 1. The van der Waals surface area contributed by atoms with Crippen molar-refractivity contribution in [2.45, 2.75) is 174 Å². The monoisotopic (exact) mass is 775 g/mol. The summed E-state index contributed by atoms with van der Waals surface area (Å²) in [5.74, 6) is -0.221. The van der Waals surface area contributed by atoms with Crippen molar-refractivity contribution in [2.75, 3.05) is 19.8 Å². The molecule has 0 saturated heterocycles. The van der Waals surface area contributed by atoms with Crippen molar-refractivity contribution < 1.29 is 28.4 Å². The Bertz CT molecular complexity index is 1110. The highest BCUT2D eigenvalue weighted by Gasteiger charge is 2.26. The summed E-state index contributed by atoms with van der Waals surface area (Å²) in [6.45, 7) is 3.95. The van der Waals surface area contributed by atoms with Gasteiger partial charge in [0.2, 0.25) is 5.91 Å². The number of hydrogen-bond donors (Lipinski definition) is 4. The minimum absolute atomic E-state index is 0.0674. The highest BCUT2D eigenvalue weighted by molar-refractivity contribution is 7.47. The predicted molar refractivity (Wildman–Crippen MR) is 230 cm³/mol. The summed E-state index contributed by atoms with van der Waals surface area (Å²) in [6.07, 6.45) is 53.5. The van der Waals surface area contributed by atoms with Crippen molar-refractivity contribution in [1.29, 1.82) is 0 Å². The van der Waals surface area contributed by atoms with Gasteiger partial charge < -0.3 is 21.1 Å². The molecule has 1 amide bonds. The first-order valence-corrected chi connectivity index (χ1v) is 22.7. The number of hydrogen-bond acceptors (Lipinski definition) is 6. The fraction of sp³-hybridized carbons (Fsp3) is 0.667. The molecule has 0 aromatic rings. The van der Waals surface area contributed by atoms with Crippen LogP contribution in [0.1, 0.15) is 162 Å². The molecule has 9 heteroatoms. The Balaban J connectivity index is 4.25. The summed E-state index contributed by atoms with van der Waals surface area (Å²) in [5.41, 5.74) is 5.36. The lowest BCUT2D eigenvalue weighted by Gasteiger charge is -2.23. The molecule has 0 heterocycles. The van der Waals surface area contributed by atoms with Crippen molar-refractivity contribution in [3.05, 3.63) is 85.1 Å². The lowest BCUT2D eigenvalue weighted by molar-refractivity contribution is -0.123. The Morgan fingerprint density at radius 2 is 1.09 bits per heavy atom. The van der Waals surface area contributed by atoms with Crippen LogP contribution in [0.2, 0.25) is 0 Å². The molecular formula is C45H79N2O6P. The number of unbranched alkanes of at least 4 members (excludes halogenated alkanes) is 14. The third-order valence-electron chi connectivity index (χ3n) is 8.70. The second-order valence-electron chi connectivity index (χ2n) is 13.8. The largest absolute Gasteiger partial charge is 0.472 e. The van der Waals surface area contributed by atoms with Crippen molar-refractivity contribution in [2.24, 2.45) is 5.73 Å². The van der Waals surface area contributed by atoms with E-state index in [-0.39, 0.29) is 25.7 Å². The zero-order valence-electron chi connectivity index (χ0n) is 34.2. The minimum atomic E-state index is -4.35. The average molecular weight is 775 g/mol. The van der Waals surface area contributed by atoms with Gasteiger partial charge in [0.05, 0.1) is 25.4 Å². The van der Waals surface area contributed by atoms with Crippen LogP contribution in [0.4, 0.5) is 0 Å². The Hall–Kier alpha value is -2.32. The molecule has 0 aliphatic heterocycles. The van der Waals surface area contributed by atoms with Crippen molar-refractivity contribution in [1.82, 2.24) is 5.32 Å². The highest BCUT2D eigenvalue weighted by Crippen LogP contribution is 2.43. The fourth-order valence-corrected chi connectivity index (χ4v) is 6.28. The molecule has 8 nitrogen and oxygen atoms in total. The SMILES string of the molecule is CC/C=C\C/C=C\C/C=C\C/C=C\C/C=C\CCCCCCCCCC(=O)NC(COP(=O)(O)OCCN)C(O)/C=C/CC/C=C/CCCCCCCC. The summed E-state index contributed by atoms with van der Waals surface area (Å²) < 4.78 is 22.1. The maximum Gasteiger partial charge on any atom is 0.472 e. The Morgan fingerprint density at radius 1 is 0.630 bits per heavy atom. The summed E-state index contributed by atoms with van der Waals surface area (Å²) in [6, 6.07) is -0.887. The van der Waals surface area contributed by atoms with Gasteiger partial charge in [0, 0.05) is 13.0 Å². The number of phosphoric ester groups is 1. The average Bonchev–Trinajstić information content (AvgIpc) is 3.16. The second kappa shape index (κ2) is 40.3. The molecule has 310 valence electrons. The molecule has 3 unspecified atom stereocenters. The Kier molecular flexibility index (Phi) is 38.6. The molecule has 0 aromatic heterocycles. The van der Waals surface area contributed by atoms with Crippen molar-refractivity contribution in [3.63, 3.8) is 0 Å². The molecule has 0 rings (SSSR count). The molecule has 0 spiro atoms. The molecule has 54 heavy (non-hydrogen) atoms. The van der Waals surface area contributed by atoms with E-state index in [1.54, 1.807) is 6.08 Å². The molecule has 5 N–H and O–H groups in total. The second-order valence-corrected chi connectivity index (χ2v) is 15.3. The minimum Gasteiger partial charge on any atom is -0.387 e. The van der Waals surface area contributed by atoms with Crippen LogP contribution in [-0.4, -0.2) is 47.8 Å². The zero-order chi connectivity index (χ0) is 39.6. The first kappa shape index (κ1) is 51.7. The van der Waals surface area contributed by atoms with Crippen molar-refractivity contribution in [3.8, 4) is 0 Å². The van der Waals surface area contributed by atoms with E-state index < -0.39 is 20.0 Å². The number of allylic oxidation sites excluding steroid dienone is 13. The van der Waals surface area contributed by atoms with Crippen LogP contribution in [0.5, 0.6) is 0 Å². The number of aliphatic hydroxyl groups is 1. The molecule has 0 saturated carbocycles. The van der Waals surface area contributed by atoms with Crippen LogP contribution in [0, 0.1) is 0 Å². The molecular weight excluding hydrogens is 695 g/mol. The van der Waals surface area contributed by atoms with E-state index in [0.717, 1.165) is 83.5 Å². The lowest BCUT2D eigenvalue weighted by Crippen LogP contribution is -2.45. The van der Waals surface area contributed by atoms with Gasteiger partial charge in [-0.3, -0.25) is 13.8 Å². The van der Waals surface area contributed by atoms with Gasteiger partial charge in [0.15, 0.2) is 0 Å². The molecule has 0 aromatic carbocycles. The summed E-state index contributed by atoms with van der Waals surface area (Å²) in [7, 11) is -4.35. The van der Waals surface area contributed by atoms with E-state index in [0.29, 0.717) is 6.42 Å².